The van der Waals surface area contributed by atoms with Gasteiger partial charge in [-0.15, -0.1) is 0 Å². The third-order valence-electron chi connectivity index (χ3n) is 3.52. The minimum Gasteiger partial charge on any atom is -0.493 e. The second-order valence-corrected chi connectivity index (χ2v) is 5.02. The zero-order valence-corrected chi connectivity index (χ0v) is 10.8. The number of hydrogen-bond acceptors (Lipinski definition) is 2. The van der Waals surface area contributed by atoms with E-state index in [4.69, 9.17) is 4.74 Å². The average molecular weight is 232 g/mol. The molecule has 0 spiro atoms. The Bertz CT molecular complexity index is 423. The Morgan fingerprint density at radius 1 is 1.29 bits per heavy atom. The maximum Gasteiger partial charge on any atom is 0.142 e. The summed E-state index contributed by atoms with van der Waals surface area (Å²) in [6, 6.07) is 6.33. The van der Waals surface area contributed by atoms with Crippen molar-refractivity contribution in [2.45, 2.75) is 33.6 Å². The smallest absolute Gasteiger partial charge is 0.142 e. The van der Waals surface area contributed by atoms with Crippen LogP contribution in [0.2, 0.25) is 0 Å². The van der Waals surface area contributed by atoms with Crippen molar-refractivity contribution in [2.24, 2.45) is 11.8 Å². The number of fused-ring (bicyclic) bond motifs is 1. The van der Waals surface area contributed by atoms with Crippen LogP contribution in [0, 0.1) is 11.8 Å². The highest BCUT2D eigenvalue weighted by atomic mass is 16.5. The van der Waals surface area contributed by atoms with E-state index in [0.717, 1.165) is 18.6 Å². The van der Waals surface area contributed by atoms with Crippen molar-refractivity contribution in [3.63, 3.8) is 0 Å². The molecule has 1 aromatic carbocycles. The minimum absolute atomic E-state index is 0.00371. The van der Waals surface area contributed by atoms with Crippen molar-refractivity contribution in [2.75, 3.05) is 6.61 Å². The van der Waals surface area contributed by atoms with Crippen LogP contribution in [0.5, 0.6) is 5.75 Å². The van der Waals surface area contributed by atoms with E-state index in [-0.39, 0.29) is 11.8 Å². The SMILES string of the molecule is CCc1ccc2c(c1)CC(C)C(=O)[C@@H](C)CO2. The third-order valence-corrected chi connectivity index (χ3v) is 3.52. The maximum absolute atomic E-state index is 12.0. The van der Waals surface area contributed by atoms with Crippen LogP contribution in [0.3, 0.4) is 0 Å². The Morgan fingerprint density at radius 2 is 2.06 bits per heavy atom. The second-order valence-electron chi connectivity index (χ2n) is 5.02. The molecule has 2 nitrogen and oxygen atoms in total. The molecule has 0 bridgehead atoms. The van der Waals surface area contributed by atoms with Crippen LogP contribution >= 0.6 is 0 Å². The van der Waals surface area contributed by atoms with Gasteiger partial charge < -0.3 is 4.74 Å². The number of aryl methyl sites for hydroxylation is 1. The lowest BCUT2D eigenvalue weighted by Gasteiger charge is -2.23. The van der Waals surface area contributed by atoms with Gasteiger partial charge in [0.05, 0.1) is 6.61 Å². The largest absolute Gasteiger partial charge is 0.493 e. The highest BCUT2D eigenvalue weighted by Gasteiger charge is 2.24. The van der Waals surface area contributed by atoms with Gasteiger partial charge in [0.25, 0.3) is 0 Å². The molecule has 0 saturated heterocycles. The normalized spacial score (nSPS) is 24.5. The number of carbonyl (C=O) groups excluding carboxylic acids is 1. The molecule has 0 amide bonds. The first-order chi connectivity index (χ1) is 8.11. The van der Waals surface area contributed by atoms with Gasteiger partial charge in [-0.1, -0.05) is 32.9 Å². The average Bonchev–Trinajstić information content (AvgIpc) is 2.34. The first-order valence-electron chi connectivity index (χ1n) is 6.40. The molecule has 0 aliphatic carbocycles. The molecule has 1 aliphatic rings. The van der Waals surface area contributed by atoms with Crippen LogP contribution in [0.15, 0.2) is 18.2 Å². The molecule has 1 aromatic rings. The summed E-state index contributed by atoms with van der Waals surface area (Å²) in [6.45, 7) is 6.61. The molecule has 0 fully saturated rings. The van der Waals surface area contributed by atoms with E-state index >= 15 is 0 Å². The standard InChI is InChI=1S/C15H20O2/c1-4-12-5-6-14-13(8-12)7-10(2)15(16)11(3)9-17-14/h5-6,8,10-11H,4,7,9H2,1-3H3/t10?,11-/m0/s1. The summed E-state index contributed by atoms with van der Waals surface area (Å²) in [5.41, 5.74) is 2.48. The number of rotatable bonds is 1. The molecule has 2 rings (SSSR count). The minimum atomic E-state index is 0.00371. The van der Waals surface area contributed by atoms with E-state index in [0.29, 0.717) is 12.4 Å². The number of benzene rings is 1. The fourth-order valence-electron chi connectivity index (χ4n) is 2.37. The molecule has 0 radical (unpaired) electrons. The summed E-state index contributed by atoms with van der Waals surface area (Å²) in [6.07, 6.45) is 1.82. The maximum atomic E-state index is 12.0. The van der Waals surface area contributed by atoms with Crippen LogP contribution in [-0.2, 0) is 17.6 Å². The van der Waals surface area contributed by atoms with Crippen molar-refractivity contribution in [3.05, 3.63) is 29.3 Å². The van der Waals surface area contributed by atoms with Crippen LogP contribution < -0.4 is 4.74 Å². The zero-order valence-electron chi connectivity index (χ0n) is 10.8. The molecule has 2 atom stereocenters. The highest BCUT2D eigenvalue weighted by Crippen LogP contribution is 2.27. The zero-order chi connectivity index (χ0) is 12.4. The number of ether oxygens (including phenoxy) is 1. The molecule has 0 aromatic heterocycles. The Balaban J connectivity index is 2.33. The van der Waals surface area contributed by atoms with Crippen LogP contribution in [0.4, 0.5) is 0 Å². The lowest BCUT2D eigenvalue weighted by atomic mass is 9.88. The van der Waals surface area contributed by atoms with Gasteiger partial charge in [0.2, 0.25) is 0 Å². The van der Waals surface area contributed by atoms with Gasteiger partial charge in [0.15, 0.2) is 0 Å². The number of Topliss-reactive ketones (excluding diaryl/α,β-unsaturated/α-hetero) is 1. The van der Waals surface area contributed by atoms with Crippen LogP contribution in [-0.4, -0.2) is 12.4 Å². The van der Waals surface area contributed by atoms with E-state index in [2.05, 4.69) is 19.1 Å². The summed E-state index contributed by atoms with van der Waals surface area (Å²) in [7, 11) is 0. The van der Waals surface area contributed by atoms with E-state index in [9.17, 15) is 4.79 Å². The quantitative estimate of drug-likeness (QED) is 0.744. The fourth-order valence-corrected chi connectivity index (χ4v) is 2.37. The van der Waals surface area contributed by atoms with Crippen molar-refractivity contribution in [1.82, 2.24) is 0 Å². The van der Waals surface area contributed by atoms with Gasteiger partial charge in [-0.25, -0.2) is 0 Å². The summed E-state index contributed by atoms with van der Waals surface area (Å²) in [5.74, 6) is 1.37. The van der Waals surface area contributed by atoms with E-state index in [1.807, 2.05) is 19.9 Å². The van der Waals surface area contributed by atoms with Crippen molar-refractivity contribution in [3.8, 4) is 5.75 Å². The third kappa shape index (κ3) is 2.51. The fraction of sp³-hybridized carbons (Fsp3) is 0.533. The Kier molecular flexibility index (Phi) is 3.51. The van der Waals surface area contributed by atoms with E-state index in [1.165, 1.54) is 11.1 Å². The van der Waals surface area contributed by atoms with Crippen molar-refractivity contribution < 1.29 is 9.53 Å². The number of hydrogen-bond donors (Lipinski definition) is 0. The monoisotopic (exact) mass is 232 g/mol. The molecule has 17 heavy (non-hydrogen) atoms. The molecule has 1 aliphatic heterocycles. The lowest BCUT2D eigenvalue weighted by molar-refractivity contribution is -0.126. The van der Waals surface area contributed by atoms with Gasteiger partial charge in [0, 0.05) is 11.8 Å². The Labute approximate surface area is 103 Å². The van der Waals surface area contributed by atoms with Crippen molar-refractivity contribution in [1.29, 1.82) is 0 Å². The van der Waals surface area contributed by atoms with Crippen LogP contribution in [0.25, 0.3) is 0 Å². The molecule has 0 N–H and O–H groups in total. The number of carbonyl (C=O) groups is 1. The summed E-state index contributed by atoms with van der Waals surface area (Å²) < 4.78 is 5.74. The molecule has 0 saturated carbocycles. The van der Waals surface area contributed by atoms with E-state index < -0.39 is 0 Å². The second kappa shape index (κ2) is 4.91. The Hall–Kier alpha value is -1.31. The van der Waals surface area contributed by atoms with Gasteiger partial charge >= 0.3 is 0 Å². The molecule has 1 heterocycles. The highest BCUT2D eigenvalue weighted by molar-refractivity contribution is 5.83. The first-order valence-corrected chi connectivity index (χ1v) is 6.40. The predicted molar refractivity (Wildman–Crippen MR) is 68.4 cm³/mol. The lowest BCUT2D eigenvalue weighted by Crippen LogP contribution is -2.28. The van der Waals surface area contributed by atoms with E-state index in [1.54, 1.807) is 0 Å². The Morgan fingerprint density at radius 3 is 2.76 bits per heavy atom. The molecular weight excluding hydrogens is 212 g/mol. The van der Waals surface area contributed by atoms with Gasteiger partial charge in [-0.05, 0) is 30.0 Å². The predicted octanol–water partition coefficient (Wildman–Crippen LogP) is 3.03. The van der Waals surface area contributed by atoms with Crippen LogP contribution in [0.1, 0.15) is 31.9 Å². The van der Waals surface area contributed by atoms with Gasteiger partial charge in [-0.3, -0.25) is 4.79 Å². The first kappa shape index (κ1) is 12.2. The van der Waals surface area contributed by atoms with Gasteiger partial charge in [-0.2, -0.15) is 0 Å². The summed E-state index contributed by atoms with van der Waals surface area (Å²) >= 11 is 0. The summed E-state index contributed by atoms with van der Waals surface area (Å²) in [5, 5.41) is 0. The molecule has 2 heteroatoms. The summed E-state index contributed by atoms with van der Waals surface area (Å²) in [4.78, 5) is 12.0. The molecule has 1 unspecified atom stereocenters. The topological polar surface area (TPSA) is 26.3 Å². The van der Waals surface area contributed by atoms with Gasteiger partial charge in [0.1, 0.15) is 11.5 Å². The molecule has 92 valence electrons. The number of ketones is 1. The molecular formula is C15H20O2. The van der Waals surface area contributed by atoms with Crippen molar-refractivity contribution >= 4 is 5.78 Å².